The van der Waals surface area contributed by atoms with Crippen molar-refractivity contribution < 1.29 is 9.53 Å². The lowest BCUT2D eigenvalue weighted by molar-refractivity contribution is 0.137. The van der Waals surface area contributed by atoms with Gasteiger partial charge in [0.1, 0.15) is 12.3 Å². The average molecular weight is 302 g/mol. The molecular formula is C16H22N4O2. The van der Waals surface area contributed by atoms with E-state index < -0.39 is 6.09 Å². The Labute approximate surface area is 130 Å². The summed E-state index contributed by atoms with van der Waals surface area (Å²) in [7, 11) is 0. The smallest absolute Gasteiger partial charge is 0.407 e. The molecule has 0 aliphatic carbocycles. The standard InChI is InChI=1S/C16H22N4O2/c1-12(2)8-17-16(21)22-11-15-10-20(19-18-15)9-14-7-5-4-6-13(14)3/h4-7,10,12H,8-9,11H2,1-3H3,(H,17,21). The van der Waals surface area contributed by atoms with Gasteiger partial charge in [-0.1, -0.05) is 43.3 Å². The van der Waals surface area contributed by atoms with Crippen molar-refractivity contribution in [2.45, 2.75) is 33.9 Å². The number of carbonyl (C=O) groups excluding carboxylic acids is 1. The molecule has 0 fully saturated rings. The highest BCUT2D eigenvalue weighted by atomic mass is 16.5. The molecule has 1 heterocycles. The van der Waals surface area contributed by atoms with Gasteiger partial charge in [-0.2, -0.15) is 0 Å². The molecule has 0 saturated heterocycles. The van der Waals surface area contributed by atoms with Crippen molar-refractivity contribution in [3.05, 3.63) is 47.3 Å². The number of rotatable bonds is 6. The SMILES string of the molecule is Cc1ccccc1Cn1cc(COC(=O)NCC(C)C)nn1. The molecular weight excluding hydrogens is 280 g/mol. The second kappa shape index (κ2) is 7.59. The van der Waals surface area contributed by atoms with Crippen LogP contribution in [0, 0.1) is 12.8 Å². The summed E-state index contributed by atoms with van der Waals surface area (Å²) in [6.45, 7) is 7.49. The number of carbonyl (C=O) groups is 1. The normalized spacial score (nSPS) is 10.7. The second-order valence-corrected chi connectivity index (χ2v) is 5.68. The molecule has 0 unspecified atom stereocenters. The van der Waals surface area contributed by atoms with Gasteiger partial charge < -0.3 is 10.1 Å². The van der Waals surface area contributed by atoms with Crippen LogP contribution in [0.4, 0.5) is 4.79 Å². The van der Waals surface area contributed by atoms with Gasteiger partial charge in [-0.05, 0) is 24.0 Å². The third-order valence-corrected chi connectivity index (χ3v) is 3.19. The van der Waals surface area contributed by atoms with E-state index in [1.54, 1.807) is 10.9 Å². The van der Waals surface area contributed by atoms with Crippen LogP contribution in [-0.2, 0) is 17.9 Å². The van der Waals surface area contributed by atoms with E-state index in [0.29, 0.717) is 24.7 Å². The van der Waals surface area contributed by atoms with Crippen LogP contribution in [0.15, 0.2) is 30.5 Å². The Hall–Kier alpha value is -2.37. The lowest BCUT2D eigenvalue weighted by atomic mass is 10.1. The molecule has 1 N–H and O–H groups in total. The van der Waals surface area contributed by atoms with Crippen molar-refractivity contribution in [1.82, 2.24) is 20.3 Å². The monoisotopic (exact) mass is 302 g/mol. The Kier molecular flexibility index (Phi) is 5.52. The Bertz CT molecular complexity index is 622. The number of aryl methyl sites for hydroxylation is 1. The molecule has 1 aromatic carbocycles. The summed E-state index contributed by atoms with van der Waals surface area (Å²) in [4.78, 5) is 11.5. The number of nitrogens with one attached hydrogen (secondary N) is 1. The third kappa shape index (κ3) is 4.87. The zero-order valence-corrected chi connectivity index (χ0v) is 13.2. The van der Waals surface area contributed by atoms with Gasteiger partial charge in [0.25, 0.3) is 0 Å². The minimum atomic E-state index is -0.429. The second-order valence-electron chi connectivity index (χ2n) is 5.68. The number of aromatic nitrogens is 3. The number of hydrogen-bond donors (Lipinski definition) is 1. The first kappa shape index (κ1) is 16.0. The van der Waals surface area contributed by atoms with Crippen molar-refractivity contribution in [2.75, 3.05) is 6.54 Å². The van der Waals surface area contributed by atoms with E-state index in [2.05, 4.69) is 34.7 Å². The van der Waals surface area contributed by atoms with Crippen LogP contribution >= 0.6 is 0 Å². The van der Waals surface area contributed by atoms with E-state index >= 15 is 0 Å². The van der Waals surface area contributed by atoms with Gasteiger partial charge in [0.2, 0.25) is 0 Å². The van der Waals surface area contributed by atoms with E-state index in [-0.39, 0.29) is 6.61 Å². The van der Waals surface area contributed by atoms with Gasteiger partial charge in [-0.15, -0.1) is 5.10 Å². The molecule has 0 saturated carbocycles. The Morgan fingerprint density at radius 2 is 2.14 bits per heavy atom. The molecule has 1 aromatic heterocycles. The average Bonchev–Trinajstić information content (AvgIpc) is 2.93. The van der Waals surface area contributed by atoms with Crippen molar-refractivity contribution in [3.63, 3.8) is 0 Å². The zero-order valence-electron chi connectivity index (χ0n) is 13.2. The summed E-state index contributed by atoms with van der Waals surface area (Å²) in [6.07, 6.45) is 1.37. The number of ether oxygens (including phenoxy) is 1. The zero-order chi connectivity index (χ0) is 15.9. The lowest BCUT2D eigenvalue weighted by Gasteiger charge is -2.07. The van der Waals surface area contributed by atoms with Gasteiger partial charge in [0.15, 0.2) is 0 Å². The molecule has 2 rings (SSSR count). The molecule has 6 nitrogen and oxygen atoms in total. The van der Waals surface area contributed by atoms with E-state index in [0.717, 1.165) is 0 Å². The molecule has 0 aliphatic heterocycles. The van der Waals surface area contributed by atoms with Crippen LogP contribution < -0.4 is 5.32 Å². The van der Waals surface area contributed by atoms with Crippen LogP contribution in [-0.4, -0.2) is 27.6 Å². The number of amides is 1. The molecule has 0 bridgehead atoms. The number of hydrogen-bond acceptors (Lipinski definition) is 4. The van der Waals surface area contributed by atoms with Gasteiger partial charge in [-0.3, -0.25) is 0 Å². The molecule has 0 aliphatic rings. The molecule has 22 heavy (non-hydrogen) atoms. The summed E-state index contributed by atoms with van der Waals surface area (Å²) >= 11 is 0. The summed E-state index contributed by atoms with van der Waals surface area (Å²) in [6, 6.07) is 8.14. The maximum atomic E-state index is 11.5. The molecule has 6 heteroatoms. The van der Waals surface area contributed by atoms with Crippen LogP contribution in [0.25, 0.3) is 0 Å². The number of nitrogens with zero attached hydrogens (tertiary/aromatic N) is 3. The quantitative estimate of drug-likeness (QED) is 0.890. The fourth-order valence-corrected chi connectivity index (χ4v) is 1.92. The Balaban J connectivity index is 1.84. The maximum absolute atomic E-state index is 11.5. The van der Waals surface area contributed by atoms with Gasteiger partial charge >= 0.3 is 6.09 Å². The summed E-state index contributed by atoms with van der Waals surface area (Å²) in [5, 5.41) is 10.8. The highest BCUT2D eigenvalue weighted by Crippen LogP contribution is 2.09. The highest BCUT2D eigenvalue weighted by Gasteiger charge is 2.07. The first-order valence-electron chi connectivity index (χ1n) is 7.38. The summed E-state index contributed by atoms with van der Waals surface area (Å²) in [5.41, 5.74) is 3.03. The third-order valence-electron chi connectivity index (χ3n) is 3.19. The predicted octanol–water partition coefficient (Wildman–Crippen LogP) is 2.52. The van der Waals surface area contributed by atoms with Crippen LogP contribution in [0.2, 0.25) is 0 Å². The maximum Gasteiger partial charge on any atom is 0.407 e. The van der Waals surface area contributed by atoms with Crippen LogP contribution in [0.1, 0.15) is 30.7 Å². The fraction of sp³-hybridized carbons (Fsp3) is 0.438. The molecule has 0 radical (unpaired) electrons. The molecule has 1 amide bonds. The van der Waals surface area contributed by atoms with Crippen molar-refractivity contribution in [2.24, 2.45) is 5.92 Å². The Morgan fingerprint density at radius 1 is 1.36 bits per heavy atom. The van der Waals surface area contributed by atoms with Gasteiger partial charge in [0, 0.05) is 6.54 Å². The largest absolute Gasteiger partial charge is 0.443 e. The molecule has 118 valence electrons. The first-order valence-corrected chi connectivity index (χ1v) is 7.38. The van der Waals surface area contributed by atoms with Crippen LogP contribution in [0.5, 0.6) is 0 Å². The fourth-order valence-electron chi connectivity index (χ4n) is 1.92. The number of alkyl carbamates (subject to hydrolysis) is 1. The van der Waals surface area contributed by atoms with E-state index in [9.17, 15) is 4.79 Å². The van der Waals surface area contributed by atoms with E-state index in [1.807, 2.05) is 26.0 Å². The molecule has 0 spiro atoms. The van der Waals surface area contributed by atoms with Gasteiger partial charge in [-0.25, -0.2) is 9.48 Å². The summed E-state index contributed by atoms with van der Waals surface area (Å²) < 4.78 is 6.84. The minimum absolute atomic E-state index is 0.123. The molecule has 2 aromatic rings. The van der Waals surface area contributed by atoms with Crippen molar-refractivity contribution >= 4 is 6.09 Å². The lowest BCUT2D eigenvalue weighted by Crippen LogP contribution is -2.27. The van der Waals surface area contributed by atoms with E-state index in [4.69, 9.17) is 4.74 Å². The first-order chi connectivity index (χ1) is 10.5. The topological polar surface area (TPSA) is 69.0 Å². The van der Waals surface area contributed by atoms with Crippen molar-refractivity contribution in [3.8, 4) is 0 Å². The number of benzene rings is 1. The van der Waals surface area contributed by atoms with Gasteiger partial charge in [0.05, 0.1) is 12.7 Å². The minimum Gasteiger partial charge on any atom is -0.443 e. The Morgan fingerprint density at radius 3 is 2.86 bits per heavy atom. The van der Waals surface area contributed by atoms with Crippen LogP contribution in [0.3, 0.4) is 0 Å². The molecule has 0 atom stereocenters. The van der Waals surface area contributed by atoms with E-state index in [1.165, 1.54) is 11.1 Å². The summed E-state index contributed by atoms with van der Waals surface area (Å²) in [5.74, 6) is 0.391. The predicted molar refractivity (Wildman–Crippen MR) is 83.3 cm³/mol. The van der Waals surface area contributed by atoms with Crippen molar-refractivity contribution in [1.29, 1.82) is 0 Å². The highest BCUT2D eigenvalue weighted by molar-refractivity contribution is 5.67.